The van der Waals surface area contributed by atoms with Gasteiger partial charge in [0.05, 0.1) is 10.6 Å². The molecule has 19 heavy (non-hydrogen) atoms. The van der Waals surface area contributed by atoms with Gasteiger partial charge in [0, 0.05) is 23.9 Å². The fraction of sp³-hybridized carbons (Fsp3) is 0.167. The maximum atomic E-state index is 10.7. The number of hydrogen-bond acceptors (Lipinski definition) is 4. The molecule has 2 aromatic rings. The second kappa shape index (κ2) is 4.89. The molecular formula is C12H11N3O4. The number of aliphatic carboxylic acids is 1. The monoisotopic (exact) mass is 261 g/mol. The van der Waals surface area contributed by atoms with Crippen LogP contribution < -0.4 is 0 Å². The van der Waals surface area contributed by atoms with E-state index in [1.165, 1.54) is 16.8 Å². The third-order valence-corrected chi connectivity index (χ3v) is 2.61. The van der Waals surface area contributed by atoms with Gasteiger partial charge in [-0.2, -0.15) is 5.10 Å². The van der Waals surface area contributed by atoms with Crippen molar-refractivity contribution in [3.05, 3.63) is 46.3 Å². The fourth-order valence-corrected chi connectivity index (χ4v) is 1.81. The zero-order chi connectivity index (χ0) is 14.0. The highest BCUT2D eigenvalue weighted by Crippen LogP contribution is 2.25. The number of carboxylic acids is 1. The Bertz CT molecular complexity index is 648. The molecule has 1 heterocycles. The van der Waals surface area contributed by atoms with Crippen LogP contribution in [-0.2, 0) is 11.3 Å². The molecular weight excluding hydrogens is 250 g/mol. The molecule has 98 valence electrons. The van der Waals surface area contributed by atoms with Crippen molar-refractivity contribution in [2.45, 2.75) is 13.5 Å². The largest absolute Gasteiger partial charge is 0.480 e. The van der Waals surface area contributed by atoms with E-state index in [1.54, 1.807) is 25.3 Å². The number of rotatable bonds is 4. The number of nitro groups is 1. The number of non-ortho nitro benzene ring substituents is 1. The number of hydrogen-bond donors (Lipinski definition) is 1. The van der Waals surface area contributed by atoms with Crippen LogP contribution in [0.1, 0.15) is 5.69 Å². The lowest BCUT2D eigenvalue weighted by atomic mass is 10.1. The van der Waals surface area contributed by atoms with Crippen molar-refractivity contribution in [1.29, 1.82) is 0 Å². The van der Waals surface area contributed by atoms with E-state index in [0.29, 0.717) is 16.8 Å². The Labute approximate surface area is 108 Å². The highest BCUT2D eigenvalue weighted by Gasteiger charge is 2.12. The van der Waals surface area contributed by atoms with Crippen LogP contribution in [0.2, 0.25) is 0 Å². The molecule has 0 aliphatic heterocycles. The SMILES string of the molecule is Cc1nn(CC(=O)O)cc1-c1cccc([N+](=O)[O-])c1. The second-order valence-corrected chi connectivity index (χ2v) is 4.03. The Morgan fingerprint density at radius 2 is 2.26 bits per heavy atom. The van der Waals surface area contributed by atoms with Crippen LogP contribution in [0.3, 0.4) is 0 Å². The van der Waals surface area contributed by atoms with Crippen LogP contribution in [0, 0.1) is 17.0 Å². The molecule has 1 aromatic heterocycles. The van der Waals surface area contributed by atoms with Crippen molar-refractivity contribution in [1.82, 2.24) is 9.78 Å². The van der Waals surface area contributed by atoms with Crippen molar-refractivity contribution in [3.8, 4) is 11.1 Å². The lowest BCUT2D eigenvalue weighted by Crippen LogP contribution is -2.08. The Morgan fingerprint density at radius 3 is 2.89 bits per heavy atom. The highest BCUT2D eigenvalue weighted by atomic mass is 16.6. The third-order valence-electron chi connectivity index (χ3n) is 2.61. The molecule has 1 N–H and O–H groups in total. The first-order valence-electron chi connectivity index (χ1n) is 5.48. The normalized spacial score (nSPS) is 10.4. The quantitative estimate of drug-likeness (QED) is 0.669. The predicted octanol–water partition coefficient (Wildman–Crippen LogP) is 1.85. The molecule has 0 aliphatic rings. The van der Waals surface area contributed by atoms with Crippen LogP contribution in [0.15, 0.2) is 30.5 Å². The van der Waals surface area contributed by atoms with Crippen molar-refractivity contribution >= 4 is 11.7 Å². The van der Waals surface area contributed by atoms with Crippen molar-refractivity contribution < 1.29 is 14.8 Å². The number of carbonyl (C=O) groups is 1. The molecule has 7 heteroatoms. The molecule has 2 rings (SSSR count). The van der Waals surface area contributed by atoms with Crippen LogP contribution >= 0.6 is 0 Å². The molecule has 0 atom stereocenters. The van der Waals surface area contributed by atoms with Crippen LogP contribution in [0.5, 0.6) is 0 Å². The summed E-state index contributed by atoms with van der Waals surface area (Å²) in [6, 6.07) is 6.15. The van der Waals surface area contributed by atoms with E-state index in [-0.39, 0.29) is 12.2 Å². The third kappa shape index (κ3) is 2.76. The maximum Gasteiger partial charge on any atom is 0.325 e. The average molecular weight is 261 g/mol. The number of aromatic nitrogens is 2. The topological polar surface area (TPSA) is 98.3 Å². The molecule has 0 fully saturated rings. The molecule has 0 bridgehead atoms. The molecule has 0 radical (unpaired) electrons. The summed E-state index contributed by atoms with van der Waals surface area (Å²) >= 11 is 0. The Balaban J connectivity index is 2.41. The van der Waals surface area contributed by atoms with Crippen LogP contribution in [-0.4, -0.2) is 25.8 Å². The first-order chi connectivity index (χ1) is 8.97. The molecule has 0 saturated heterocycles. The minimum atomic E-state index is -0.993. The number of carboxylic acid groups (broad SMARTS) is 1. The maximum absolute atomic E-state index is 10.7. The van der Waals surface area contributed by atoms with Gasteiger partial charge in [0.15, 0.2) is 0 Å². The molecule has 0 aliphatic carbocycles. The van der Waals surface area contributed by atoms with E-state index in [1.807, 2.05) is 0 Å². The standard InChI is InChI=1S/C12H11N3O4/c1-8-11(6-14(13-8)7-12(16)17)9-3-2-4-10(5-9)15(18)19/h2-6H,7H2,1H3,(H,16,17). The van der Waals surface area contributed by atoms with E-state index in [2.05, 4.69) is 5.10 Å². The number of benzene rings is 1. The van der Waals surface area contributed by atoms with Crippen molar-refractivity contribution in [3.63, 3.8) is 0 Å². The Kier molecular flexibility index (Phi) is 3.28. The zero-order valence-corrected chi connectivity index (χ0v) is 10.1. The first-order valence-corrected chi connectivity index (χ1v) is 5.48. The van der Waals surface area contributed by atoms with Gasteiger partial charge in [-0.25, -0.2) is 0 Å². The Morgan fingerprint density at radius 1 is 1.53 bits per heavy atom. The predicted molar refractivity (Wildman–Crippen MR) is 66.7 cm³/mol. The van der Waals surface area contributed by atoms with Gasteiger partial charge >= 0.3 is 5.97 Å². The van der Waals surface area contributed by atoms with Gasteiger partial charge in [-0.05, 0) is 12.5 Å². The summed E-state index contributed by atoms with van der Waals surface area (Å²) < 4.78 is 1.30. The molecule has 0 amide bonds. The smallest absolute Gasteiger partial charge is 0.325 e. The van der Waals surface area contributed by atoms with E-state index in [4.69, 9.17) is 5.11 Å². The molecule has 0 unspecified atom stereocenters. The summed E-state index contributed by atoms with van der Waals surface area (Å²) in [5.74, 6) is -0.993. The summed E-state index contributed by atoms with van der Waals surface area (Å²) in [5, 5.41) is 23.5. The van der Waals surface area contributed by atoms with Gasteiger partial charge < -0.3 is 5.11 Å². The average Bonchev–Trinajstić information content (AvgIpc) is 2.69. The minimum Gasteiger partial charge on any atom is -0.480 e. The molecule has 0 saturated carbocycles. The number of nitro benzene ring substituents is 1. The fourth-order valence-electron chi connectivity index (χ4n) is 1.81. The second-order valence-electron chi connectivity index (χ2n) is 4.03. The number of nitrogens with zero attached hydrogens (tertiary/aromatic N) is 3. The number of aryl methyl sites for hydroxylation is 1. The summed E-state index contributed by atoms with van der Waals surface area (Å²) in [7, 11) is 0. The van der Waals surface area contributed by atoms with Gasteiger partial charge in [-0.1, -0.05) is 12.1 Å². The van der Waals surface area contributed by atoms with Crippen LogP contribution in [0.25, 0.3) is 11.1 Å². The Hall–Kier alpha value is -2.70. The molecule has 1 aromatic carbocycles. The van der Waals surface area contributed by atoms with Gasteiger partial charge in [-0.3, -0.25) is 19.6 Å². The summed E-state index contributed by atoms with van der Waals surface area (Å²) in [6.07, 6.45) is 1.57. The van der Waals surface area contributed by atoms with Gasteiger partial charge in [-0.15, -0.1) is 0 Å². The lowest BCUT2D eigenvalue weighted by molar-refractivity contribution is -0.384. The van der Waals surface area contributed by atoms with E-state index in [9.17, 15) is 14.9 Å². The van der Waals surface area contributed by atoms with E-state index < -0.39 is 10.9 Å². The molecule has 0 spiro atoms. The van der Waals surface area contributed by atoms with Crippen LogP contribution in [0.4, 0.5) is 5.69 Å². The molecule has 7 nitrogen and oxygen atoms in total. The van der Waals surface area contributed by atoms with Crippen molar-refractivity contribution in [2.24, 2.45) is 0 Å². The summed E-state index contributed by atoms with van der Waals surface area (Å²) in [4.78, 5) is 20.9. The van der Waals surface area contributed by atoms with Gasteiger partial charge in [0.2, 0.25) is 0 Å². The zero-order valence-electron chi connectivity index (χ0n) is 10.1. The van der Waals surface area contributed by atoms with E-state index in [0.717, 1.165) is 0 Å². The van der Waals surface area contributed by atoms with Crippen molar-refractivity contribution in [2.75, 3.05) is 0 Å². The summed E-state index contributed by atoms with van der Waals surface area (Å²) in [5.41, 5.74) is 1.94. The first kappa shape index (κ1) is 12.7. The minimum absolute atomic E-state index is 0.0112. The van der Waals surface area contributed by atoms with Gasteiger partial charge in [0.1, 0.15) is 6.54 Å². The lowest BCUT2D eigenvalue weighted by Gasteiger charge is -1.98. The van der Waals surface area contributed by atoms with E-state index >= 15 is 0 Å². The highest BCUT2D eigenvalue weighted by molar-refractivity contribution is 5.69. The summed E-state index contributed by atoms with van der Waals surface area (Å²) in [6.45, 7) is 1.49. The van der Waals surface area contributed by atoms with Gasteiger partial charge in [0.25, 0.3) is 5.69 Å².